The zero-order valence-electron chi connectivity index (χ0n) is 46.5. The van der Waals surface area contributed by atoms with Crippen LogP contribution in [0.5, 0.6) is 0 Å². The Bertz CT molecular complexity index is 1290. The molecule has 0 aliphatic rings. The first-order valence-electron chi connectivity index (χ1n) is 30.5. The number of nitrogens with one attached hydrogen (secondary N) is 1. The van der Waals surface area contributed by atoms with Crippen molar-refractivity contribution in [1.29, 1.82) is 0 Å². The van der Waals surface area contributed by atoms with Crippen molar-refractivity contribution in [3.8, 4) is 0 Å². The molecule has 0 aromatic rings. The summed E-state index contributed by atoms with van der Waals surface area (Å²) in [6.07, 6.45) is 90.2. The Kier molecular flexibility index (Phi) is 58.3. The zero-order valence-corrected chi connectivity index (χ0v) is 46.5. The molecular weight excluding hydrogens is 855 g/mol. The molecule has 0 aliphatic carbocycles. The maximum absolute atomic E-state index is 12.5. The van der Waals surface area contributed by atoms with Crippen molar-refractivity contribution < 1.29 is 15.0 Å². The van der Waals surface area contributed by atoms with Crippen LogP contribution in [-0.2, 0) is 4.79 Å². The third-order valence-corrected chi connectivity index (χ3v) is 13.6. The van der Waals surface area contributed by atoms with Crippen LogP contribution in [0.25, 0.3) is 0 Å². The van der Waals surface area contributed by atoms with Gasteiger partial charge < -0.3 is 15.5 Å². The van der Waals surface area contributed by atoms with E-state index in [1.54, 1.807) is 6.08 Å². The smallest absolute Gasteiger partial charge is 0.220 e. The molecule has 0 radical (unpaired) electrons. The lowest BCUT2D eigenvalue weighted by molar-refractivity contribution is -0.123. The van der Waals surface area contributed by atoms with Crippen LogP contribution in [-0.4, -0.2) is 34.9 Å². The van der Waals surface area contributed by atoms with E-state index < -0.39 is 12.1 Å². The number of hydrogen-bond donors (Lipinski definition) is 3. The van der Waals surface area contributed by atoms with E-state index in [0.717, 1.165) is 83.5 Å². The van der Waals surface area contributed by atoms with Crippen LogP contribution in [0.1, 0.15) is 296 Å². The highest BCUT2D eigenvalue weighted by Crippen LogP contribution is 2.17. The molecule has 70 heavy (non-hydrogen) atoms. The molecule has 0 saturated heterocycles. The van der Waals surface area contributed by atoms with Gasteiger partial charge in [0.1, 0.15) is 0 Å². The lowest BCUT2D eigenvalue weighted by Gasteiger charge is -2.19. The van der Waals surface area contributed by atoms with Gasteiger partial charge in [0.2, 0.25) is 5.91 Å². The fourth-order valence-corrected chi connectivity index (χ4v) is 8.98. The van der Waals surface area contributed by atoms with Gasteiger partial charge >= 0.3 is 0 Å². The molecule has 0 fully saturated rings. The molecule has 0 aromatic carbocycles. The molecule has 4 heteroatoms. The van der Waals surface area contributed by atoms with E-state index in [1.165, 1.54) is 193 Å². The van der Waals surface area contributed by atoms with Crippen molar-refractivity contribution >= 4 is 5.91 Å². The molecule has 4 nitrogen and oxygen atoms in total. The minimum absolute atomic E-state index is 0.0964. The number of rotatable bonds is 55. The molecule has 3 N–H and O–H groups in total. The number of carbonyl (C=O) groups excluding carboxylic acids is 1. The first-order chi connectivity index (χ1) is 34.7. The summed E-state index contributed by atoms with van der Waals surface area (Å²) in [4.78, 5) is 12.5. The fraction of sp³-hybridized carbons (Fsp3) is 0.742. The van der Waals surface area contributed by atoms with E-state index in [2.05, 4.69) is 104 Å². The average Bonchev–Trinajstić information content (AvgIpc) is 3.36. The third kappa shape index (κ3) is 56.2. The Balaban J connectivity index is 3.55. The monoisotopic (exact) mass is 972 g/mol. The summed E-state index contributed by atoms with van der Waals surface area (Å²) in [6, 6.07) is -0.649. The predicted molar refractivity (Wildman–Crippen MR) is 313 cm³/mol. The Hall–Kier alpha value is -2.69. The van der Waals surface area contributed by atoms with Crippen LogP contribution < -0.4 is 5.32 Å². The molecular formula is C66H117NO3. The maximum atomic E-state index is 12.5. The largest absolute Gasteiger partial charge is 0.394 e. The topological polar surface area (TPSA) is 69.6 Å². The van der Waals surface area contributed by atoms with Crippen LogP contribution in [0.3, 0.4) is 0 Å². The minimum Gasteiger partial charge on any atom is -0.394 e. The second-order valence-corrected chi connectivity index (χ2v) is 20.4. The molecule has 0 aromatic heterocycles. The van der Waals surface area contributed by atoms with E-state index in [1.807, 2.05) is 6.08 Å². The molecule has 404 valence electrons. The zero-order chi connectivity index (χ0) is 50.6. The summed E-state index contributed by atoms with van der Waals surface area (Å²) in [7, 11) is 0. The second kappa shape index (κ2) is 60.6. The van der Waals surface area contributed by atoms with Gasteiger partial charge in [-0.25, -0.2) is 0 Å². The average molecular weight is 973 g/mol. The number of amides is 1. The van der Waals surface area contributed by atoms with E-state index in [-0.39, 0.29) is 12.5 Å². The first-order valence-corrected chi connectivity index (χ1v) is 30.5. The van der Waals surface area contributed by atoms with Crippen LogP contribution in [0, 0.1) is 0 Å². The normalized spacial score (nSPS) is 13.5. The van der Waals surface area contributed by atoms with Gasteiger partial charge in [-0.15, -0.1) is 0 Å². The van der Waals surface area contributed by atoms with Crippen molar-refractivity contribution in [3.05, 3.63) is 97.2 Å². The minimum atomic E-state index is -0.862. The van der Waals surface area contributed by atoms with Crippen LogP contribution >= 0.6 is 0 Å². The SMILES string of the molecule is CC/C=C\C/C=C\C/C=C\C/C=C\C/C=C\C/C=C\C/C=C\CCCCCC(=O)NC(CO)C(O)/C=C/CCCCCCCCCCCCCCCCCCCCCCCCCCCCCCCCC. The van der Waals surface area contributed by atoms with E-state index in [9.17, 15) is 15.0 Å². The Morgan fingerprint density at radius 2 is 0.629 bits per heavy atom. The first kappa shape index (κ1) is 67.3. The van der Waals surface area contributed by atoms with Gasteiger partial charge in [0.15, 0.2) is 0 Å². The molecule has 2 unspecified atom stereocenters. The fourth-order valence-electron chi connectivity index (χ4n) is 8.98. The van der Waals surface area contributed by atoms with Crippen molar-refractivity contribution in [1.82, 2.24) is 5.32 Å². The molecule has 0 aliphatic heterocycles. The van der Waals surface area contributed by atoms with Crippen molar-refractivity contribution in [3.63, 3.8) is 0 Å². The number of allylic oxidation sites excluding steroid dienone is 15. The highest BCUT2D eigenvalue weighted by Gasteiger charge is 2.18. The van der Waals surface area contributed by atoms with Gasteiger partial charge in [0.25, 0.3) is 0 Å². The van der Waals surface area contributed by atoms with Crippen LogP contribution in [0.15, 0.2) is 97.2 Å². The van der Waals surface area contributed by atoms with Crippen molar-refractivity contribution in [2.24, 2.45) is 0 Å². The molecule has 0 spiro atoms. The van der Waals surface area contributed by atoms with Gasteiger partial charge in [-0.1, -0.05) is 310 Å². The third-order valence-electron chi connectivity index (χ3n) is 13.6. The summed E-state index contributed by atoms with van der Waals surface area (Å²) >= 11 is 0. The van der Waals surface area contributed by atoms with Crippen LogP contribution in [0.4, 0.5) is 0 Å². The van der Waals surface area contributed by atoms with Gasteiger partial charge in [-0.3, -0.25) is 4.79 Å². The number of aliphatic hydroxyl groups is 2. The molecule has 0 bridgehead atoms. The summed E-state index contributed by atoms with van der Waals surface area (Å²) in [6.45, 7) is 4.20. The Labute approximate surface area is 436 Å². The number of unbranched alkanes of at least 4 members (excludes halogenated alkanes) is 34. The number of carbonyl (C=O) groups is 1. The molecule has 0 heterocycles. The maximum Gasteiger partial charge on any atom is 0.220 e. The van der Waals surface area contributed by atoms with E-state index >= 15 is 0 Å². The second-order valence-electron chi connectivity index (χ2n) is 20.4. The predicted octanol–water partition coefficient (Wildman–Crippen LogP) is 20.5. The molecule has 0 saturated carbocycles. The molecule has 2 atom stereocenters. The Morgan fingerprint density at radius 3 is 0.943 bits per heavy atom. The lowest BCUT2D eigenvalue weighted by atomic mass is 10.0. The van der Waals surface area contributed by atoms with Gasteiger partial charge in [0.05, 0.1) is 18.8 Å². The summed E-state index contributed by atoms with van der Waals surface area (Å²) in [5.41, 5.74) is 0. The molecule has 1 amide bonds. The Morgan fingerprint density at radius 1 is 0.357 bits per heavy atom. The summed E-state index contributed by atoms with van der Waals surface area (Å²) < 4.78 is 0. The van der Waals surface area contributed by atoms with Crippen molar-refractivity contribution in [2.45, 2.75) is 309 Å². The highest BCUT2D eigenvalue weighted by atomic mass is 16.3. The lowest BCUT2D eigenvalue weighted by Crippen LogP contribution is -2.45. The number of hydrogen-bond acceptors (Lipinski definition) is 3. The van der Waals surface area contributed by atoms with Gasteiger partial charge in [-0.2, -0.15) is 0 Å². The summed E-state index contributed by atoms with van der Waals surface area (Å²) in [5.74, 6) is -0.0964. The highest BCUT2D eigenvalue weighted by molar-refractivity contribution is 5.76. The number of aliphatic hydroxyl groups excluding tert-OH is 2. The summed E-state index contributed by atoms with van der Waals surface area (Å²) in [5, 5.41) is 23.2. The van der Waals surface area contributed by atoms with E-state index in [4.69, 9.17) is 0 Å². The standard InChI is InChI=1S/C66H117NO3/c1-3-5-7-9-11-13-15-17-19-21-23-25-27-29-30-31-32-33-34-35-36-38-39-41-43-45-47-49-51-53-55-57-59-61-65(69)64(63-68)67-66(70)62-60-58-56-54-52-50-48-46-44-42-40-37-28-26-24-22-20-18-16-14-12-10-8-6-4-2/h6,8,12,14,18,20,24,26,37,40,44,46,50,52,59,61,64-65,68-69H,3-5,7,9-11,13,15-17,19,21-23,25,27-36,38-39,41-43,45,47-49,51,53-58,60,62-63H2,1-2H3,(H,67,70)/b8-6-,14-12-,20-18-,26-24-,40-37-,46-44-,52-50-,61-59+. The van der Waals surface area contributed by atoms with Crippen LogP contribution in [0.2, 0.25) is 0 Å². The quantitative estimate of drug-likeness (QED) is 0.0420. The van der Waals surface area contributed by atoms with Gasteiger partial charge in [-0.05, 0) is 77.0 Å². The van der Waals surface area contributed by atoms with Crippen molar-refractivity contribution in [2.75, 3.05) is 6.61 Å². The van der Waals surface area contributed by atoms with E-state index in [0.29, 0.717) is 6.42 Å². The van der Waals surface area contributed by atoms with Gasteiger partial charge in [0, 0.05) is 6.42 Å². The molecule has 0 rings (SSSR count).